The molecule has 0 heterocycles. The number of hydrogen-bond donors (Lipinski definition) is 1. The Bertz CT molecular complexity index is 1030. The summed E-state index contributed by atoms with van der Waals surface area (Å²) >= 11 is 0. The molecule has 2 aromatic rings. The highest BCUT2D eigenvalue weighted by Crippen LogP contribution is 2.35. The molecule has 0 unspecified atom stereocenters. The fourth-order valence-electron chi connectivity index (χ4n) is 3.62. The molecular weight excluding hydrogens is 416 g/mol. The zero-order chi connectivity index (χ0) is 24.4. The maximum absolute atomic E-state index is 13.1. The number of hydrogen-bond acceptors (Lipinski definition) is 5. The van der Waals surface area contributed by atoms with Gasteiger partial charge in [0.25, 0.3) is 0 Å². The number of phenolic OH excluding ortho intramolecular Hbond substituents is 1. The molecule has 1 N–H and O–H groups in total. The van der Waals surface area contributed by atoms with Gasteiger partial charge in [-0.05, 0) is 52.5 Å². The molecule has 0 aliphatic rings. The highest BCUT2D eigenvalue weighted by atomic mass is 16.5. The van der Waals surface area contributed by atoms with E-state index in [1.165, 1.54) is 24.3 Å². The maximum Gasteiger partial charge on any atom is 0.342 e. The lowest BCUT2D eigenvalue weighted by Gasteiger charge is -2.18. The highest BCUT2D eigenvalue weighted by molar-refractivity contribution is 6.01. The van der Waals surface area contributed by atoms with Gasteiger partial charge in [0, 0.05) is 23.6 Å². The van der Waals surface area contributed by atoms with Crippen molar-refractivity contribution >= 4 is 11.8 Å². The number of benzene rings is 2. The number of allylic oxidation sites excluding steroid dienone is 4. The van der Waals surface area contributed by atoms with Crippen LogP contribution in [0.15, 0.2) is 59.7 Å². The van der Waals surface area contributed by atoms with E-state index in [4.69, 9.17) is 9.47 Å². The summed E-state index contributed by atoms with van der Waals surface area (Å²) in [6, 6.07) is 10.3. The van der Waals surface area contributed by atoms with E-state index in [1.54, 1.807) is 31.2 Å². The molecule has 0 spiro atoms. The average molecular weight is 451 g/mol. The molecule has 0 bridgehead atoms. The summed E-state index contributed by atoms with van der Waals surface area (Å²) in [5, 5.41) is 10.6. The average Bonchev–Trinajstić information content (AvgIpc) is 2.78. The Hall–Kier alpha value is -3.34. The topological polar surface area (TPSA) is 72.8 Å². The molecule has 0 atom stereocenters. The Kier molecular flexibility index (Phi) is 9.92. The lowest BCUT2D eigenvalue weighted by atomic mass is 9.90. The molecule has 0 aliphatic heterocycles. The number of esters is 1. The summed E-state index contributed by atoms with van der Waals surface area (Å²) in [4.78, 5) is 25.8. The van der Waals surface area contributed by atoms with Gasteiger partial charge in [-0.3, -0.25) is 4.79 Å². The van der Waals surface area contributed by atoms with Crippen molar-refractivity contribution in [3.63, 3.8) is 0 Å². The van der Waals surface area contributed by atoms with Crippen LogP contribution >= 0.6 is 0 Å². The number of phenols is 1. The molecule has 176 valence electrons. The molecule has 5 nitrogen and oxygen atoms in total. The molecule has 33 heavy (non-hydrogen) atoms. The first-order chi connectivity index (χ1) is 15.8. The molecule has 5 heteroatoms. The van der Waals surface area contributed by atoms with Crippen LogP contribution in [-0.2, 0) is 17.6 Å². The van der Waals surface area contributed by atoms with Gasteiger partial charge in [-0.1, -0.05) is 53.6 Å². The Balaban J connectivity index is 2.53. The molecule has 0 amide bonds. The van der Waals surface area contributed by atoms with Gasteiger partial charge in [0.2, 0.25) is 0 Å². The van der Waals surface area contributed by atoms with Crippen LogP contribution in [0, 0.1) is 0 Å². The van der Waals surface area contributed by atoms with Crippen LogP contribution in [0.1, 0.15) is 72.4 Å². The van der Waals surface area contributed by atoms with Crippen molar-refractivity contribution in [2.45, 2.75) is 53.4 Å². The SMILES string of the molecule is CCOC(=O)c1c(O)cc(OC)c(C/C=C(\C)CCC=C(C)C)c1CC(=O)c1ccccc1. The number of methoxy groups -OCH3 is 1. The predicted molar refractivity (Wildman–Crippen MR) is 131 cm³/mol. The van der Waals surface area contributed by atoms with E-state index in [0.717, 1.165) is 12.8 Å². The number of carbonyl (C=O) groups excluding carboxylic acids is 2. The second kappa shape index (κ2) is 12.6. The lowest BCUT2D eigenvalue weighted by Crippen LogP contribution is -2.15. The first-order valence-electron chi connectivity index (χ1n) is 11.2. The van der Waals surface area contributed by atoms with Gasteiger partial charge < -0.3 is 14.6 Å². The van der Waals surface area contributed by atoms with Crippen LogP contribution < -0.4 is 4.74 Å². The molecule has 0 saturated heterocycles. The van der Waals surface area contributed by atoms with Gasteiger partial charge >= 0.3 is 5.97 Å². The summed E-state index contributed by atoms with van der Waals surface area (Å²) in [5.74, 6) is -0.628. The quantitative estimate of drug-likeness (QED) is 0.249. The third kappa shape index (κ3) is 7.35. The maximum atomic E-state index is 13.1. The smallest absolute Gasteiger partial charge is 0.342 e. The lowest BCUT2D eigenvalue weighted by molar-refractivity contribution is 0.0521. The highest BCUT2D eigenvalue weighted by Gasteiger charge is 2.26. The fourth-order valence-corrected chi connectivity index (χ4v) is 3.62. The largest absolute Gasteiger partial charge is 0.507 e. The molecule has 0 fully saturated rings. The van der Waals surface area contributed by atoms with Crippen LogP contribution in [0.25, 0.3) is 0 Å². The number of ketones is 1. The first kappa shape index (κ1) is 25.9. The number of carbonyl (C=O) groups is 2. The van der Waals surface area contributed by atoms with Gasteiger partial charge in [0.15, 0.2) is 5.78 Å². The summed E-state index contributed by atoms with van der Waals surface area (Å²) in [7, 11) is 1.51. The molecule has 2 rings (SSSR count). The molecule has 0 radical (unpaired) electrons. The van der Waals surface area contributed by atoms with E-state index < -0.39 is 5.97 Å². The summed E-state index contributed by atoms with van der Waals surface area (Å²) in [6.45, 7) is 8.08. The normalized spacial score (nSPS) is 11.1. The minimum atomic E-state index is -0.654. The predicted octanol–water partition coefficient (Wildman–Crippen LogP) is 6.24. The van der Waals surface area contributed by atoms with Crippen LogP contribution in [0.2, 0.25) is 0 Å². The van der Waals surface area contributed by atoms with Crippen LogP contribution in [-0.4, -0.2) is 30.6 Å². The van der Waals surface area contributed by atoms with Crippen molar-refractivity contribution < 1.29 is 24.2 Å². The minimum absolute atomic E-state index is 0.0209. The van der Waals surface area contributed by atoms with Crippen molar-refractivity contribution in [3.05, 3.63) is 82.0 Å². The van der Waals surface area contributed by atoms with Gasteiger partial charge in [-0.15, -0.1) is 0 Å². The van der Waals surface area contributed by atoms with Crippen molar-refractivity contribution in [3.8, 4) is 11.5 Å². The number of rotatable bonds is 11. The zero-order valence-corrected chi connectivity index (χ0v) is 20.2. The second-order valence-corrected chi connectivity index (χ2v) is 8.19. The monoisotopic (exact) mass is 450 g/mol. The van der Waals surface area contributed by atoms with Crippen LogP contribution in [0.5, 0.6) is 11.5 Å². The third-order valence-electron chi connectivity index (χ3n) is 5.37. The minimum Gasteiger partial charge on any atom is -0.507 e. The molecule has 0 aromatic heterocycles. The van der Waals surface area contributed by atoms with E-state index in [0.29, 0.717) is 28.9 Å². The fraction of sp³-hybridized carbons (Fsp3) is 0.357. The Morgan fingerprint density at radius 3 is 2.33 bits per heavy atom. The molecule has 0 saturated carbocycles. The van der Waals surface area contributed by atoms with E-state index in [1.807, 2.05) is 6.07 Å². The Morgan fingerprint density at radius 2 is 1.73 bits per heavy atom. The number of aromatic hydroxyl groups is 1. The number of ether oxygens (including phenoxy) is 2. The Labute approximate surface area is 196 Å². The summed E-state index contributed by atoms with van der Waals surface area (Å²) in [6.07, 6.45) is 6.55. The third-order valence-corrected chi connectivity index (χ3v) is 5.37. The van der Waals surface area contributed by atoms with E-state index >= 15 is 0 Å². The standard InChI is InChI=1S/C28H34O5/c1-6-33-28(31)27-23(17-24(29)21-13-8-7-9-14-21)22(26(32-5)18-25(27)30)16-15-20(4)12-10-11-19(2)3/h7-9,11,13-15,18,30H,6,10,12,16-17H2,1-5H3/b20-15+. The van der Waals surface area contributed by atoms with Gasteiger partial charge in [0.05, 0.1) is 13.7 Å². The van der Waals surface area contributed by atoms with E-state index in [2.05, 4.69) is 32.9 Å². The van der Waals surface area contributed by atoms with Crippen LogP contribution in [0.3, 0.4) is 0 Å². The first-order valence-corrected chi connectivity index (χ1v) is 11.2. The van der Waals surface area contributed by atoms with Crippen molar-refractivity contribution in [1.82, 2.24) is 0 Å². The number of Topliss-reactive ketones (excluding diaryl/α,β-unsaturated/α-hetero) is 1. The van der Waals surface area contributed by atoms with Crippen molar-refractivity contribution in [1.29, 1.82) is 0 Å². The summed E-state index contributed by atoms with van der Waals surface area (Å²) in [5.41, 5.74) is 4.17. The second-order valence-electron chi connectivity index (χ2n) is 8.19. The summed E-state index contributed by atoms with van der Waals surface area (Å²) < 4.78 is 10.7. The molecule has 2 aromatic carbocycles. The Morgan fingerprint density at radius 1 is 1.03 bits per heavy atom. The molecular formula is C28H34O5. The van der Waals surface area contributed by atoms with Crippen molar-refractivity contribution in [2.24, 2.45) is 0 Å². The van der Waals surface area contributed by atoms with Gasteiger partial charge in [0.1, 0.15) is 17.1 Å². The van der Waals surface area contributed by atoms with Crippen LogP contribution in [0.4, 0.5) is 0 Å². The van der Waals surface area contributed by atoms with Gasteiger partial charge in [-0.2, -0.15) is 0 Å². The molecule has 0 aliphatic carbocycles. The van der Waals surface area contributed by atoms with Gasteiger partial charge in [-0.25, -0.2) is 4.79 Å². The van der Waals surface area contributed by atoms with E-state index in [-0.39, 0.29) is 30.1 Å². The van der Waals surface area contributed by atoms with E-state index in [9.17, 15) is 14.7 Å². The zero-order valence-electron chi connectivity index (χ0n) is 20.2. The van der Waals surface area contributed by atoms with Crippen molar-refractivity contribution in [2.75, 3.05) is 13.7 Å².